The van der Waals surface area contributed by atoms with E-state index in [-0.39, 0.29) is 36.3 Å². The summed E-state index contributed by atoms with van der Waals surface area (Å²) in [7, 11) is 1.70. The molecule has 2 saturated heterocycles. The van der Waals surface area contributed by atoms with Crippen LogP contribution in [0.2, 0.25) is 0 Å². The summed E-state index contributed by atoms with van der Waals surface area (Å²) in [5.41, 5.74) is 4.41. The molecule has 2 fully saturated rings. The van der Waals surface area contributed by atoms with Crippen LogP contribution in [0, 0.1) is 0 Å². The highest BCUT2D eigenvalue weighted by atomic mass is 16.2. The first-order valence-electron chi connectivity index (χ1n) is 12.4. The van der Waals surface area contributed by atoms with Crippen LogP contribution in [0.5, 0.6) is 0 Å². The Hall–Kier alpha value is -3.23. The molecule has 0 unspecified atom stereocenters. The summed E-state index contributed by atoms with van der Waals surface area (Å²) in [5, 5.41) is 8.85. The molecule has 2 aliphatic heterocycles. The average molecular weight is 476 g/mol. The van der Waals surface area contributed by atoms with E-state index in [0.29, 0.717) is 13.1 Å². The van der Waals surface area contributed by atoms with Crippen molar-refractivity contribution < 1.29 is 14.4 Å². The van der Waals surface area contributed by atoms with E-state index in [4.69, 9.17) is 0 Å². The third-order valence-corrected chi connectivity index (χ3v) is 7.67. The minimum Gasteiger partial charge on any atom is -0.346 e. The highest BCUT2D eigenvalue weighted by molar-refractivity contribution is 5.92. The van der Waals surface area contributed by atoms with E-state index in [1.165, 1.54) is 0 Å². The Balaban J connectivity index is 1.36. The average Bonchev–Trinajstić information content (AvgIpc) is 3.48. The van der Waals surface area contributed by atoms with E-state index in [1.807, 2.05) is 24.3 Å². The highest BCUT2D eigenvalue weighted by Crippen LogP contribution is 2.43. The summed E-state index contributed by atoms with van der Waals surface area (Å²) in [4.78, 5) is 43.2. The molecular weight excluding hydrogens is 442 g/mol. The van der Waals surface area contributed by atoms with E-state index < -0.39 is 12.1 Å². The molecule has 3 atom stereocenters. The summed E-state index contributed by atoms with van der Waals surface area (Å²) < 4.78 is 0. The quantitative estimate of drug-likeness (QED) is 0.585. The summed E-state index contributed by atoms with van der Waals surface area (Å²) in [6.45, 7) is 3.59. The Morgan fingerprint density at radius 2 is 1.66 bits per heavy atom. The molecule has 5 rings (SSSR count). The van der Waals surface area contributed by atoms with Crippen LogP contribution in [0.25, 0.3) is 11.1 Å². The second-order valence-corrected chi connectivity index (χ2v) is 9.70. The normalized spacial score (nSPS) is 22.2. The van der Waals surface area contributed by atoms with Crippen LogP contribution in [0.4, 0.5) is 0 Å². The number of amides is 3. The Morgan fingerprint density at radius 1 is 1.00 bits per heavy atom. The van der Waals surface area contributed by atoms with Crippen LogP contribution in [-0.4, -0.2) is 78.9 Å². The first kappa shape index (κ1) is 23.5. The zero-order valence-corrected chi connectivity index (χ0v) is 20.3. The lowest BCUT2D eigenvalue weighted by atomic mass is 10.0. The molecule has 2 aromatic rings. The third-order valence-electron chi connectivity index (χ3n) is 7.67. The molecule has 0 aromatic heterocycles. The fourth-order valence-corrected chi connectivity index (χ4v) is 5.62. The molecule has 2 heterocycles. The van der Waals surface area contributed by atoms with Crippen molar-refractivity contribution in [1.82, 2.24) is 25.8 Å². The maximum absolute atomic E-state index is 13.7. The van der Waals surface area contributed by atoms with Gasteiger partial charge in [0.1, 0.15) is 6.04 Å². The van der Waals surface area contributed by atoms with Gasteiger partial charge in [-0.3, -0.25) is 19.3 Å². The largest absolute Gasteiger partial charge is 0.346 e. The molecule has 35 heavy (non-hydrogen) atoms. The van der Waals surface area contributed by atoms with Crippen LogP contribution in [-0.2, 0) is 14.4 Å². The van der Waals surface area contributed by atoms with Crippen molar-refractivity contribution >= 4 is 17.7 Å². The SMILES string of the molecule is CN[C@@H](C)C(=O)NCC(=O)N1C[C@H]2CCCN2C[C@H]1C(=O)NC1c2ccccc2-c2ccccc21. The van der Waals surface area contributed by atoms with E-state index >= 15 is 0 Å². The van der Waals surface area contributed by atoms with Gasteiger partial charge in [0, 0.05) is 19.1 Å². The van der Waals surface area contributed by atoms with Crippen molar-refractivity contribution in [3.63, 3.8) is 0 Å². The van der Waals surface area contributed by atoms with Gasteiger partial charge in [0.05, 0.1) is 18.6 Å². The number of hydrogen-bond acceptors (Lipinski definition) is 5. The second-order valence-electron chi connectivity index (χ2n) is 9.70. The smallest absolute Gasteiger partial charge is 0.244 e. The Bertz CT molecular complexity index is 1090. The minimum atomic E-state index is -0.601. The molecule has 3 amide bonds. The maximum atomic E-state index is 13.7. The summed E-state index contributed by atoms with van der Waals surface area (Å²) in [5.74, 6) is -0.615. The monoisotopic (exact) mass is 475 g/mol. The molecule has 8 heteroatoms. The number of rotatable bonds is 6. The standard InChI is InChI=1S/C27H33N5O3/c1-17(28-2)26(34)29-14-24(33)32-15-18-8-7-13-31(18)16-23(32)27(35)30-25-21-11-5-3-9-19(21)20-10-4-6-12-22(20)25/h3-6,9-12,17-18,23,25,28H,7-8,13-16H2,1-2H3,(H,29,34)(H,30,35)/t17-,18+,23-/m0/s1. The molecule has 1 aliphatic carbocycles. The summed E-state index contributed by atoms with van der Waals surface area (Å²) in [6, 6.07) is 15.3. The van der Waals surface area contributed by atoms with Gasteiger partial charge in [0.15, 0.2) is 0 Å². The summed E-state index contributed by atoms with van der Waals surface area (Å²) >= 11 is 0. The van der Waals surface area contributed by atoms with Crippen LogP contribution in [0.1, 0.15) is 36.9 Å². The number of fused-ring (bicyclic) bond motifs is 4. The lowest BCUT2D eigenvalue weighted by molar-refractivity contribution is -0.145. The number of likely N-dealkylation sites (N-methyl/N-ethyl adjacent to an activating group) is 1. The van der Waals surface area contributed by atoms with Gasteiger partial charge in [0.25, 0.3) is 0 Å². The lowest BCUT2D eigenvalue weighted by Crippen LogP contribution is -2.64. The van der Waals surface area contributed by atoms with Gasteiger partial charge in [-0.2, -0.15) is 0 Å². The molecule has 2 aromatic carbocycles. The minimum absolute atomic E-state index is 0.115. The first-order valence-corrected chi connectivity index (χ1v) is 12.4. The van der Waals surface area contributed by atoms with Crippen molar-refractivity contribution in [2.45, 2.75) is 43.9 Å². The van der Waals surface area contributed by atoms with Crippen molar-refractivity contribution in [2.24, 2.45) is 0 Å². The number of piperazine rings is 1. The number of benzene rings is 2. The highest BCUT2D eigenvalue weighted by Gasteiger charge is 2.42. The van der Waals surface area contributed by atoms with Crippen molar-refractivity contribution in [2.75, 3.05) is 33.2 Å². The van der Waals surface area contributed by atoms with Crippen molar-refractivity contribution in [3.8, 4) is 11.1 Å². The van der Waals surface area contributed by atoms with E-state index in [2.05, 4.69) is 45.1 Å². The van der Waals surface area contributed by atoms with Gasteiger partial charge in [-0.1, -0.05) is 48.5 Å². The van der Waals surface area contributed by atoms with E-state index in [9.17, 15) is 14.4 Å². The first-order chi connectivity index (χ1) is 17.0. The molecule has 0 saturated carbocycles. The van der Waals surface area contributed by atoms with Crippen LogP contribution in [0.3, 0.4) is 0 Å². The number of carbonyl (C=O) groups is 3. The second kappa shape index (κ2) is 9.79. The maximum Gasteiger partial charge on any atom is 0.244 e. The molecule has 184 valence electrons. The van der Waals surface area contributed by atoms with Gasteiger partial charge in [-0.05, 0) is 55.6 Å². The molecular formula is C27H33N5O3. The molecule has 0 bridgehead atoms. The number of nitrogens with zero attached hydrogens (tertiary/aromatic N) is 2. The number of nitrogens with one attached hydrogen (secondary N) is 3. The van der Waals surface area contributed by atoms with Crippen LogP contribution >= 0.6 is 0 Å². The van der Waals surface area contributed by atoms with Crippen molar-refractivity contribution in [3.05, 3.63) is 59.7 Å². The Labute approximate surface area is 206 Å². The topological polar surface area (TPSA) is 93.8 Å². The van der Waals surface area contributed by atoms with Gasteiger partial charge in [0.2, 0.25) is 17.7 Å². The molecule has 0 radical (unpaired) electrons. The predicted octanol–water partition coefficient (Wildman–Crippen LogP) is 1.27. The Morgan fingerprint density at radius 3 is 2.31 bits per heavy atom. The van der Waals surface area contributed by atoms with Crippen LogP contribution < -0.4 is 16.0 Å². The molecule has 3 aliphatic rings. The zero-order chi connectivity index (χ0) is 24.5. The number of hydrogen-bond donors (Lipinski definition) is 3. The third kappa shape index (κ3) is 4.44. The van der Waals surface area contributed by atoms with E-state index in [0.717, 1.165) is 41.6 Å². The molecule has 3 N–H and O–H groups in total. The van der Waals surface area contributed by atoms with Gasteiger partial charge in [-0.25, -0.2) is 0 Å². The fourth-order valence-electron chi connectivity index (χ4n) is 5.62. The fraction of sp³-hybridized carbons (Fsp3) is 0.444. The van der Waals surface area contributed by atoms with E-state index in [1.54, 1.807) is 18.9 Å². The molecule has 8 nitrogen and oxygen atoms in total. The Kier molecular flexibility index (Phi) is 6.58. The van der Waals surface area contributed by atoms with Gasteiger partial charge < -0.3 is 20.9 Å². The zero-order valence-electron chi connectivity index (χ0n) is 20.3. The number of carbonyl (C=O) groups excluding carboxylic acids is 3. The predicted molar refractivity (Wildman–Crippen MR) is 133 cm³/mol. The lowest BCUT2D eigenvalue weighted by Gasteiger charge is -2.43. The van der Waals surface area contributed by atoms with Gasteiger partial charge >= 0.3 is 0 Å². The summed E-state index contributed by atoms with van der Waals surface area (Å²) in [6.07, 6.45) is 2.09. The molecule has 0 spiro atoms. The van der Waals surface area contributed by atoms with Crippen LogP contribution in [0.15, 0.2) is 48.5 Å². The van der Waals surface area contributed by atoms with Crippen molar-refractivity contribution in [1.29, 1.82) is 0 Å². The van der Waals surface area contributed by atoms with Gasteiger partial charge in [-0.15, -0.1) is 0 Å².